The summed E-state index contributed by atoms with van der Waals surface area (Å²) in [5.74, 6) is 1.89. The second kappa shape index (κ2) is 7.59. The summed E-state index contributed by atoms with van der Waals surface area (Å²) in [5.41, 5.74) is 0.593. The average molecular weight is 435 g/mol. The van der Waals surface area contributed by atoms with E-state index >= 15 is 0 Å². The number of nitrogens with zero attached hydrogens (tertiary/aromatic N) is 1. The fourth-order valence-corrected chi connectivity index (χ4v) is 8.47. The summed E-state index contributed by atoms with van der Waals surface area (Å²) in [7, 11) is -3.46. The minimum Gasteiger partial charge on any atom is -0.350 e. The van der Waals surface area contributed by atoms with Crippen LogP contribution in [0.25, 0.3) is 0 Å². The summed E-state index contributed by atoms with van der Waals surface area (Å²) in [6.45, 7) is 0.755. The maximum atomic E-state index is 13.1. The maximum absolute atomic E-state index is 13.1. The van der Waals surface area contributed by atoms with Gasteiger partial charge >= 0.3 is 0 Å². The number of sulfonamides is 1. The Morgan fingerprint density at radius 3 is 2.07 bits per heavy atom. The normalized spacial score (nSPS) is 34.2. The van der Waals surface area contributed by atoms with E-state index < -0.39 is 10.0 Å². The van der Waals surface area contributed by atoms with Gasteiger partial charge in [-0.3, -0.25) is 4.79 Å². The molecule has 0 radical (unpaired) electrons. The first-order chi connectivity index (χ1) is 14.3. The average Bonchev–Trinajstić information content (AvgIpc) is 2.68. The van der Waals surface area contributed by atoms with Crippen molar-refractivity contribution in [2.75, 3.05) is 13.1 Å². The lowest BCUT2D eigenvalue weighted by Gasteiger charge is -2.57. The van der Waals surface area contributed by atoms with Crippen LogP contribution < -0.4 is 5.32 Å². The molecular weight excluding hydrogens is 403 g/mol. The largest absolute Gasteiger partial charge is 0.350 e. The molecule has 4 aliphatic carbocycles. The molecule has 1 aliphatic heterocycles. The maximum Gasteiger partial charge on any atom is 0.223 e. The number of nitrogens with one attached hydrogen (secondary N) is 1. The van der Waals surface area contributed by atoms with Crippen LogP contribution in [0, 0.1) is 29.5 Å². The molecule has 0 unspecified atom stereocenters. The van der Waals surface area contributed by atoms with Gasteiger partial charge < -0.3 is 5.32 Å². The molecule has 1 N–H and O–H groups in total. The Bertz CT molecular complexity index is 872. The Morgan fingerprint density at radius 1 is 1.00 bits per heavy atom. The van der Waals surface area contributed by atoms with Crippen molar-refractivity contribution in [1.29, 1.82) is 0 Å². The highest BCUT2D eigenvalue weighted by Crippen LogP contribution is 2.55. The zero-order valence-electron chi connectivity index (χ0n) is 17.4. The second-order valence-electron chi connectivity index (χ2n) is 10.2. The van der Waals surface area contributed by atoms with Crippen molar-refractivity contribution in [3.05, 3.63) is 35.6 Å². The first-order valence-electron chi connectivity index (χ1n) is 11.3. The van der Waals surface area contributed by atoms with Gasteiger partial charge in [-0.05, 0) is 86.8 Å². The number of piperidine rings is 1. The van der Waals surface area contributed by atoms with E-state index in [-0.39, 0.29) is 28.9 Å². The zero-order valence-corrected chi connectivity index (χ0v) is 18.2. The van der Waals surface area contributed by atoms with Gasteiger partial charge in [-0.1, -0.05) is 12.1 Å². The molecule has 6 rings (SSSR count). The van der Waals surface area contributed by atoms with Crippen LogP contribution >= 0.6 is 0 Å². The number of benzene rings is 1. The van der Waals surface area contributed by atoms with Gasteiger partial charge in [0.1, 0.15) is 5.82 Å². The van der Waals surface area contributed by atoms with Crippen LogP contribution in [-0.2, 0) is 20.6 Å². The lowest BCUT2D eigenvalue weighted by Crippen LogP contribution is -2.61. The fraction of sp³-hybridized carbons (Fsp3) is 0.696. The Balaban J connectivity index is 1.17. The minimum absolute atomic E-state index is 0.0115. The molecule has 4 bridgehead atoms. The third-order valence-electron chi connectivity index (χ3n) is 7.91. The molecule has 164 valence electrons. The van der Waals surface area contributed by atoms with Crippen LogP contribution in [0.2, 0.25) is 0 Å². The molecule has 4 saturated carbocycles. The molecule has 0 atom stereocenters. The van der Waals surface area contributed by atoms with E-state index in [1.165, 1.54) is 47.8 Å². The van der Waals surface area contributed by atoms with E-state index in [9.17, 15) is 17.6 Å². The predicted molar refractivity (Wildman–Crippen MR) is 112 cm³/mol. The molecule has 7 heteroatoms. The summed E-state index contributed by atoms with van der Waals surface area (Å²) in [6, 6.07) is 5.59. The van der Waals surface area contributed by atoms with Gasteiger partial charge in [0, 0.05) is 24.5 Å². The van der Waals surface area contributed by atoms with E-state index in [1.807, 2.05) is 0 Å². The SMILES string of the molecule is O=C(NC12CC3CC(CC(C3)C1)C2)C1CCN(S(=O)(=O)Cc2ccc(F)cc2)CC1. The number of carbonyl (C=O) groups is 1. The number of carbonyl (C=O) groups excluding carboxylic acids is 1. The number of amides is 1. The number of halogens is 1. The van der Waals surface area contributed by atoms with Gasteiger partial charge in [-0.15, -0.1) is 0 Å². The van der Waals surface area contributed by atoms with Crippen molar-refractivity contribution in [1.82, 2.24) is 9.62 Å². The van der Waals surface area contributed by atoms with Gasteiger partial charge in [-0.25, -0.2) is 17.1 Å². The van der Waals surface area contributed by atoms with E-state index in [4.69, 9.17) is 0 Å². The monoisotopic (exact) mass is 434 g/mol. The van der Waals surface area contributed by atoms with Gasteiger partial charge in [0.25, 0.3) is 0 Å². The first-order valence-corrected chi connectivity index (χ1v) is 13.0. The fourth-order valence-electron chi connectivity index (χ4n) is 6.91. The third-order valence-corrected chi connectivity index (χ3v) is 9.76. The Hall–Kier alpha value is -1.47. The molecular formula is C23H31FN2O3S. The number of rotatable bonds is 5. The van der Waals surface area contributed by atoms with E-state index in [0.717, 1.165) is 37.0 Å². The molecule has 5 fully saturated rings. The van der Waals surface area contributed by atoms with Crippen molar-refractivity contribution in [3.8, 4) is 0 Å². The number of hydrogen-bond acceptors (Lipinski definition) is 3. The van der Waals surface area contributed by atoms with Crippen LogP contribution in [0.5, 0.6) is 0 Å². The van der Waals surface area contributed by atoms with Gasteiger partial charge in [0.2, 0.25) is 15.9 Å². The molecule has 1 aromatic rings. The molecule has 1 saturated heterocycles. The first kappa shape index (κ1) is 20.4. The van der Waals surface area contributed by atoms with Crippen LogP contribution in [0.3, 0.4) is 0 Å². The summed E-state index contributed by atoms with van der Waals surface area (Å²) in [4.78, 5) is 13.0. The predicted octanol–water partition coefficient (Wildman–Crippen LogP) is 3.45. The quantitative estimate of drug-likeness (QED) is 0.772. The Morgan fingerprint density at radius 2 is 1.53 bits per heavy atom. The van der Waals surface area contributed by atoms with Crippen molar-refractivity contribution in [2.24, 2.45) is 23.7 Å². The molecule has 5 nitrogen and oxygen atoms in total. The van der Waals surface area contributed by atoms with Gasteiger partial charge in [-0.2, -0.15) is 0 Å². The third kappa shape index (κ3) is 4.03. The van der Waals surface area contributed by atoms with E-state index in [0.29, 0.717) is 31.5 Å². The molecule has 1 heterocycles. The second-order valence-corrected chi connectivity index (χ2v) is 12.2. The molecule has 1 amide bonds. The standard InChI is InChI=1S/C23H31FN2O3S/c24-21-3-1-16(2-4-21)15-30(28,29)26-7-5-20(6-8-26)22(27)25-23-12-17-9-18(13-23)11-19(10-17)14-23/h1-4,17-20H,5-15H2,(H,25,27). The lowest BCUT2D eigenvalue weighted by molar-refractivity contribution is -0.132. The summed E-state index contributed by atoms with van der Waals surface area (Å²) in [6.07, 6.45) is 8.58. The number of hydrogen-bond donors (Lipinski definition) is 1. The van der Waals surface area contributed by atoms with Gasteiger partial charge in [0.15, 0.2) is 0 Å². The topological polar surface area (TPSA) is 66.5 Å². The van der Waals surface area contributed by atoms with Crippen molar-refractivity contribution in [2.45, 2.75) is 62.7 Å². The molecule has 0 spiro atoms. The van der Waals surface area contributed by atoms with Crippen LogP contribution in [-0.4, -0.2) is 37.3 Å². The van der Waals surface area contributed by atoms with Gasteiger partial charge in [0.05, 0.1) is 5.75 Å². The zero-order chi connectivity index (χ0) is 20.9. The smallest absolute Gasteiger partial charge is 0.223 e. The highest BCUT2D eigenvalue weighted by molar-refractivity contribution is 7.88. The highest BCUT2D eigenvalue weighted by Gasteiger charge is 2.52. The summed E-state index contributed by atoms with van der Waals surface area (Å²) >= 11 is 0. The molecule has 1 aromatic carbocycles. The van der Waals surface area contributed by atoms with Crippen LogP contribution in [0.1, 0.15) is 56.9 Å². The Kier molecular flexibility index (Phi) is 5.17. The summed E-state index contributed by atoms with van der Waals surface area (Å²) in [5, 5.41) is 3.45. The van der Waals surface area contributed by atoms with Crippen LogP contribution in [0.4, 0.5) is 4.39 Å². The van der Waals surface area contributed by atoms with Crippen molar-refractivity contribution < 1.29 is 17.6 Å². The molecule has 30 heavy (non-hydrogen) atoms. The Labute approximate surface area is 178 Å². The summed E-state index contributed by atoms with van der Waals surface area (Å²) < 4.78 is 40.0. The molecule has 0 aromatic heterocycles. The minimum atomic E-state index is -3.46. The molecule has 5 aliphatic rings. The lowest BCUT2D eigenvalue weighted by atomic mass is 9.53. The van der Waals surface area contributed by atoms with E-state index in [1.54, 1.807) is 0 Å². The van der Waals surface area contributed by atoms with Crippen molar-refractivity contribution in [3.63, 3.8) is 0 Å². The van der Waals surface area contributed by atoms with Crippen LogP contribution in [0.15, 0.2) is 24.3 Å². The van der Waals surface area contributed by atoms with E-state index in [2.05, 4.69) is 5.32 Å². The van der Waals surface area contributed by atoms with Crippen molar-refractivity contribution >= 4 is 15.9 Å². The highest BCUT2D eigenvalue weighted by atomic mass is 32.2.